The van der Waals surface area contributed by atoms with E-state index in [4.69, 9.17) is 37.4 Å². The Bertz CT molecular complexity index is 1580. The maximum atomic E-state index is 6.52. The highest BCUT2D eigenvalue weighted by Crippen LogP contribution is 2.39. The van der Waals surface area contributed by atoms with Crippen LogP contribution in [0.1, 0.15) is 29.0 Å². The number of anilines is 1. The number of aromatic nitrogens is 4. The highest BCUT2D eigenvalue weighted by atomic mass is 32.1. The van der Waals surface area contributed by atoms with Crippen molar-refractivity contribution in [2.75, 3.05) is 18.9 Å². The van der Waals surface area contributed by atoms with Crippen molar-refractivity contribution in [2.24, 2.45) is 0 Å². The molecule has 2 aromatic carbocycles. The van der Waals surface area contributed by atoms with Crippen molar-refractivity contribution in [3.63, 3.8) is 0 Å². The number of nitrogens with one attached hydrogen (secondary N) is 1. The molecule has 0 bridgehead atoms. The Kier molecular flexibility index (Phi) is 7.16. The third-order valence-electron chi connectivity index (χ3n) is 5.91. The van der Waals surface area contributed by atoms with E-state index in [1.807, 2.05) is 75.4 Å². The number of nitrogens with two attached hydrogens (primary N) is 1. The second-order valence-electron chi connectivity index (χ2n) is 8.51. The molecule has 0 aliphatic carbocycles. The van der Waals surface area contributed by atoms with Crippen LogP contribution in [-0.2, 0) is 11.2 Å². The quantitative estimate of drug-likeness (QED) is 0.228. The van der Waals surface area contributed by atoms with E-state index in [0.29, 0.717) is 41.1 Å². The summed E-state index contributed by atoms with van der Waals surface area (Å²) in [6.07, 6.45) is 0.686. The van der Waals surface area contributed by atoms with Gasteiger partial charge in [-0.15, -0.1) is 11.3 Å². The number of hydrogen-bond donors (Lipinski definition) is 2. The average molecular weight is 530 g/mol. The molecule has 3 N–H and O–H groups in total. The Morgan fingerprint density at radius 2 is 1.81 bits per heavy atom. The predicted molar refractivity (Wildman–Crippen MR) is 153 cm³/mol. The van der Waals surface area contributed by atoms with E-state index in [1.165, 1.54) is 11.3 Å². The number of hydrogen-bond acceptors (Lipinski definition) is 8. The predicted octanol–water partition coefficient (Wildman–Crippen LogP) is 6.28. The Morgan fingerprint density at radius 1 is 1.03 bits per heavy atom. The molecular formula is C28H27N5O2S2. The van der Waals surface area contributed by atoms with Gasteiger partial charge in [0.25, 0.3) is 0 Å². The van der Waals surface area contributed by atoms with Crippen LogP contribution in [0.2, 0.25) is 0 Å². The fourth-order valence-corrected chi connectivity index (χ4v) is 5.54. The molecule has 0 spiro atoms. The summed E-state index contributed by atoms with van der Waals surface area (Å²) in [7, 11) is 0. The molecular weight excluding hydrogens is 502 g/mol. The fraction of sp³-hybridized carbons (Fsp3) is 0.214. The molecule has 0 fully saturated rings. The van der Waals surface area contributed by atoms with Gasteiger partial charge in [0, 0.05) is 23.2 Å². The summed E-state index contributed by atoms with van der Waals surface area (Å²) < 4.78 is 11.7. The minimum absolute atomic E-state index is 0.382. The van der Waals surface area contributed by atoms with E-state index in [9.17, 15) is 0 Å². The van der Waals surface area contributed by atoms with Crippen LogP contribution in [0, 0.1) is 13.8 Å². The maximum Gasteiger partial charge on any atom is 0.203 e. The van der Waals surface area contributed by atoms with Crippen molar-refractivity contribution in [2.45, 2.75) is 27.2 Å². The summed E-state index contributed by atoms with van der Waals surface area (Å²) in [5.74, 6) is 2.28. The molecule has 0 amide bonds. The van der Waals surface area contributed by atoms with E-state index >= 15 is 0 Å². The van der Waals surface area contributed by atoms with Gasteiger partial charge in [-0.05, 0) is 45.1 Å². The van der Waals surface area contributed by atoms with Crippen LogP contribution < -0.4 is 10.5 Å². The highest BCUT2D eigenvalue weighted by Gasteiger charge is 2.21. The topological polar surface area (TPSA) is 98.9 Å². The summed E-state index contributed by atoms with van der Waals surface area (Å²) in [5.41, 5.74) is 11.8. The van der Waals surface area contributed by atoms with Crippen LogP contribution in [0.5, 0.6) is 5.75 Å². The molecule has 3 heterocycles. The second-order valence-corrected chi connectivity index (χ2v) is 9.88. The van der Waals surface area contributed by atoms with Gasteiger partial charge in [-0.3, -0.25) is 0 Å². The molecule has 0 aliphatic heterocycles. The molecule has 0 atom stereocenters. The van der Waals surface area contributed by atoms with Crippen molar-refractivity contribution in [1.29, 1.82) is 0 Å². The Labute approximate surface area is 224 Å². The molecule has 37 heavy (non-hydrogen) atoms. The first-order chi connectivity index (χ1) is 17.9. The number of benzene rings is 2. The number of nitrogens with zero attached hydrogens (tertiary/aromatic N) is 3. The normalized spacial score (nSPS) is 11.1. The zero-order valence-electron chi connectivity index (χ0n) is 20.9. The summed E-state index contributed by atoms with van der Waals surface area (Å²) in [6.45, 7) is 6.78. The molecule has 9 heteroatoms. The van der Waals surface area contributed by atoms with Crippen LogP contribution in [0.15, 0.2) is 54.6 Å². The van der Waals surface area contributed by atoms with Gasteiger partial charge in [0.1, 0.15) is 27.1 Å². The van der Waals surface area contributed by atoms with Crippen LogP contribution in [0.4, 0.5) is 5.69 Å². The Morgan fingerprint density at radius 3 is 2.59 bits per heavy atom. The van der Waals surface area contributed by atoms with Crippen molar-refractivity contribution in [3.05, 3.63) is 76.7 Å². The average Bonchev–Trinajstić information content (AvgIpc) is 3.44. The number of imidazole rings is 1. The lowest BCUT2D eigenvalue weighted by Crippen LogP contribution is -2.04. The van der Waals surface area contributed by atoms with E-state index in [1.54, 1.807) is 0 Å². The van der Waals surface area contributed by atoms with Gasteiger partial charge in [0.05, 0.1) is 35.7 Å². The largest absolute Gasteiger partial charge is 0.493 e. The lowest BCUT2D eigenvalue weighted by Gasteiger charge is -2.09. The van der Waals surface area contributed by atoms with Gasteiger partial charge in [-0.1, -0.05) is 42.5 Å². The second kappa shape index (κ2) is 10.7. The van der Waals surface area contributed by atoms with E-state index < -0.39 is 0 Å². The summed E-state index contributed by atoms with van der Waals surface area (Å²) in [4.78, 5) is 19.0. The van der Waals surface area contributed by atoms with Crippen LogP contribution in [0.3, 0.4) is 0 Å². The summed E-state index contributed by atoms with van der Waals surface area (Å²) in [6, 6.07) is 18.0. The number of H-pyrrole nitrogens is 1. The third-order valence-corrected chi connectivity index (χ3v) is 7.46. The molecule has 7 nitrogen and oxygen atoms in total. The molecule has 0 unspecified atom stereocenters. The minimum Gasteiger partial charge on any atom is -0.493 e. The number of thiocarbonyl (C=S) groups is 1. The number of aromatic amines is 1. The van der Waals surface area contributed by atoms with Crippen molar-refractivity contribution < 1.29 is 9.47 Å². The maximum absolute atomic E-state index is 6.52. The number of fused-ring (bicyclic) bond motifs is 1. The molecule has 3 aromatic heterocycles. The fourth-order valence-electron chi connectivity index (χ4n) is 4.16. The van der Waals surface area contributed by atoms with Crippen molar-refractivity contribution >= 4 is 44.5 Å². The van der Waals surface area contributed by atoms with E-state index in [2.05, 4.69) is 9.97 Å². The van der Waals surface area contributed by atoms with Gasteiger partial charge < -0.3 is 20.2 Å². The molecule has 0 radical (unpaired) electrons. The summed E-state index contributed by atoms with van der Waals surface area (Å²) in [5, 5.41) is 1.16. The molecule has 5 aromatic rings. The first-order valence-electron chi connectivity index (χ1n) is 12.0. The molecule has 188 valence electrons. The summed E-state index contributed by atoms with van der Waals surface area (Å²) >= 11 is 6.85. The minimum atomic E-state index is 0.382. The van der Waals surface area contributed by atoms with E-state index in [0.717, 1.165) is 50.0 Å². The Hall–Kier alpha value is -3.82. The van der Waals surface area contributed by atoms with Crippen LogP contribution >= 0.6 is 23.6 Å². The Balaban J connectivity index is 1.37. The van der Waals surface area contributed by atoms with Gasteiger partial charge in [0.15, 0.2) is 0 Å². The lowest BCUT2D eigenvalue weighted by atomic mass is 10.1. The van der Waals surface area contributed by atoms with E-state index in [-0.39, 0.29) is 0 Å². The first kappa shape index (κ1) is 24.9. The number of ether oxygens (including phenoxy) is 2. The van der Waals surface area contributed by atoms with Crippen molar-refractivity contribution in [3.8, 4) is 28.4 Å². The first-order valence-corrected chi connectivity index (χ1v) is 13.2. The number of nitrogen functional groups attached to an aromatic ring is 1. The molecule has 0 saturated carbocycles. The standard InChI is InChI=1S/C28H27N5O2S2/c1-4-34-28(36)25-23(29)22-24(31-17(3)32-27(22)37-25)19-11-8-12-20(15-19)35-14-13-21-16(2)30-26(33-21)18-9-6-5-7-10-18/h5-12,15H,4,13-14,29H2,1-3H3,(H,30,33). The number of aryl methyl sites for hydroxylation is 2. The van der Waals surface area contributed by atoms with Crippen molar-refractivity contribution in [1.82, 2.24) is 19.9 Å². The zero-order chi connectivity index (χ0) is 25.9. The highest BCUT2D eigenvalue weighted by molar-refractivity contribution is 7.81. The molecule has 0 aliphatic rings. The number of rotatable bonds is 8. The molecule has 5 rings (SSSR count). The third kappa shape index (κ3) is 5.19. The van der Waals surface area contributed by atoms with Gasteiger partial charge in [-0.2, -0.15) is 0 Å². The smallest absolute Gasteiger partial charge is 0.203 e. The number of thiophene rings is 1. The monoisotopic (exact) mass is 529 g/mol. The molecule has 0 saturated heterocycles. The lowest BCUT2D eigenvalue weighted by molar-refractivity contribution is 0.320. The SMILES string of the molecule is CCOC(=S)c1sc2nc(C)nc(-c3cccc(OCCc4nc(-c5ccccc5)[nH]c4C)c3)c2c1N. The van der Waals surface area contributed by atoms with Crippen LogP contribution in [0.25, 0.3) is 32.9 Å². The van der Waals surface area contributed by atoms with Gasteiger partial charge >= 0.3 is 0 Å². The zero-order valence-corrected chi connectivity index (χ0v) is 22.5. The van der Waals surface area contributed by atoms with Crippen LogP contribution in [-0.4, -0.2) is 38.2 Å². The van der Waals surface area contributed by atoms with Gasteiger partial charge in [0.2, 0.25) is 5.05 Å². The van der Waals surface area contributed by atoms with Gasteiger partial charge in [-0.25, -0.2) is 15.0 Å².